The van der Waals surface area contributed by atoms with Gasteiger partial charge in [-0.2, -0.15) is 0 Å². The first-order valence-corrected chi connectivity index (χ1v) is 9.96. The monoisotopic (exact) mass is 419 g/mol. The average molecular weight is 420 g/mol. The maximum Gasteiger partial charge on any atom is 0.263 e. The van der Waals surface area contributed by atoms with Crippen molar-refractivity contribution in [2.75, 3.05) is 13.2 Å². The third-order valence-corrected chi connectivity index (χ3v) is 5.10. The van der Waals surface area contributed by atoms with Gasteiger partial charge in [-0.05, 0) is 36.4 Å². The van der Waals surface area contributed by atoms with Crippen LogP contribution in [-0.4, -0.2) is 23.4 Å². The van der Waals surface area contributed by atoms with Gasteiger partial charge >= 0.3 is 0 Å². The van der Waals surface area contributed by atoms with Gasteiger partial charge in [-0.3, -0.25) is 4.79 Å². The Morgan fingerprint density at radius 1 is 1.19 bits per heavy atom. The van der Waals surface area contributed by atoms with Crippen LogP contribution in [-0.2, 0) is 4.79 Å². The number of nitrogens with one attached hydrogen (secondary N) is 1. The van der Waals surface area contributed by atoms with Gasteiger partial charge in [0.1, 0.15) is 15.8 Å². The number of ether oxygens (including phenoxy) is 2. The maximum atomic E-state index is 11.9. The molecule has 0 saturated carbocycles. The molecule has 1 N–H and O–H groups in total. The number of carbonyl (C=O) groups is 1. The van der Waals surface area contributed by atoms with Crippen molar-refractivity contribution in [2.45, 2.75) is 6.92 Å². The van der Waals surface area contributed by atoms with Crippen LogP contribution in [0.4, 0.5) is 0 Å². The lowest BCUT2D eigenvalue weighted by Crippen LogP contribution is -2.18. The van der Waals surface area contributed by atoms with Gasteiger partial charge in [0.25, 0.3) is 5.91 Å². The fourth-order valence-electron chi connectivity index (χ4n) is 2.36. The van der Waals surface area contributed by atoms with E-state index in [1.807, 2.05) is 30.3 Å². The zero-order valence-corrected chi connectivity index (χ0v) is 17.0. The first-order valence-electron chi connectivity index (χ1n) is 8.36. The molecule has 4 nitrogen and oxygen atoms in total. The van der Waals surface area contributed by atoms with Gasteiger partial charge in [-0.15, -0.1) is 0 Å². The Labute approximate surface area is 172 Å². The first-order chi connectivity index (χ1) is 13.0. The molecule has 1 fully saturated rings. The van der Waals surface area contributed by atoms with Crippen molar-refractivity contribution in [1.82, 2.24) is 5.32 Å². The van der Waals surface area contributed by atoms with E-state index >= 15 is 0 Å². The highest BCUT2D eigenvalue weighted by Gasteiger charge is 2.22. The zero-order valence-electron chi connectivity index (χ0n) is 14.6. The number of hydrogen-bond acceptors (Lipinski definition) is 5. The number of thiocarbonyl (C=S) groups is 1. The number of thioether (sulfide) groups is 1. The number of carbonyl (C=O) groups excluding carboxylic acids is 1. The predicted octanol–water partition coefficient (Wildman–Crippen LogP) is 4.92. The second kappa shape index (κ2) is 9.26. The van der Waals surface area contributed by atoms with Gasteiger partial charge in [0.15, 0.2) is 0 Å². The molecular weight excluding hydrogens is 402 g/mol. The van der Waals surface area contributed by atoms with Gasteiger partial charge in [-0.25, -0.2) is 0 Å². The lowest BCUT2D eigenvalue weighted by Gasteiger charge is -2.16. The van der Waals surface area contributed by atoms with Gasteiger partial charge in [-0.1, -0.05) is 60.7 Å². The fraction of sp³-hybridized carbons (Fsp3) is 0.200. The van der Waals surface area contributed by atoms with Gasteiger partial charge < -0.3 is 14.8 Å². The Morgan fingerprint density at radius 2 is 1.93 bits per heavy atom. The van der Waals surface area contributed by atoms with Crippen molar-refractivity contribution in [1.29, 1.82) is 0 Å². The molecule has 0 unspecified atom stereocenters. The van der Waals surface area contributed by atoms with Gasteiger partial charge in [0.2, 0.25) is 0 Å². The van der Waals surface area contributed by atoms with E-state index in [0.29, 0.717) is 33.2 Å². The van der Waals surface area contributed by atoms with E-state index < -0.39 is 0 Å². The molecule has 3 rings (SSSR count). The normalized spacial score (nSPS) is 16.3. The lowest BCUT2D eigenvalue weighted by atomic mass is 10.1. The minimum absolute atomic E-state index is 0.179. The molecule has 1 aliphatic heterocycles. The third kappa shape index (κ3) is 5.73. The third-order valence-electron chi connectivity index (χ3n) is 3.70. The summed E-state index contributed by atoms with van der Waals surface area (Å²) in [6.45, 7) is 3.07. The molecule has 1 saturated heterocycles. The summed E-state index contributed by atoms with van der Waals surface area (Å²) in [7, 11) is 0. The quantitative estimate of drug-likeness (QED) is 0.509. The van der Waals surface area contributed by atoms with Crippen molar-refractivity contribution < 1.29 is 14.3 Å². The molecule has 1 heterocycles. The zero-order chi connectivity index (χ0) is 19.2. The lowest BCUT2D eigenvalue weighted by molar-refractivity contribution is -0.115. The van der Waals surface area contributed by atoms with Crippen LogP contribution in [0, 0.1) is 5.92 Å². The molecule has 1 amide bonds. The van der Waals surface area contributed by atoms with Crippen molar-refractivity contribution in [3.8, 4) is 11.5 Å². The molecule has 1 aliphatic rings. The molecule has 2 aromatic rings. The van der Waals surface area contributed by atoms with E-state index in [2.05, 4.69) is 12.2 Å². The number of para-hydroxylation sites is 1. The van der Waals surface area contributed by atoms with E-state index in [9.17, 15) is 4.79 Å². The fourth-order valence-corrected chi connectivity index (χ4v) is 3.58. The number of amides is 1. The van der Waals surface area contributed by atoms with Crippen LogP contribution in [0.15, 0.2) is 53.4 Å². The maximum absolute atomic E-state index is 11.9. The van der Waals surface area contributed by atoms with Crippen LogP contribution in [0.25, 0.3) is 6.08 Å². The molecule has 27 heavy (non-hydrogen) atoms. The molecule has 0 bridgehead atoms. The Balaban J connectivity index is 1.64. The summed E-state index contributed by atoms with van der Waals surface area (Å²) in [6.07, 6.45) is 1.74. The molecule has 0 aromatic heterocycles. The second-order valence-corrected chi connectivity index (χ2v) is 8.23. The number of hydrogen-bond donors (Lipinski definition) is 1. The van der Waals surface area contributed by atoms with Crippen LogP contribution >= 0.6 is 35.6 Å². The van der Waals surface area contributed by atoms with E-state index in [0.717, 1.165) is 11.3 Å². The van der Waals surface area contributed by atoms with Gasteiger partial charge in [0.05, 0.1) is 18.1 Å². The van der Waals surface area contributed by atoms with Crippen molar-refractivity contribution >= 4 is 51.9 Å². The molecular formula is C20H18ClNO3S2. The van der Waals surface area contributed by atoms with Crippen molar-refractivity contribution in [2.24, 2.45) is 5.92 Å². The van der Waals surface area contributed by atoms with Crippen LogP contribution in [0.5, 0.6) is 11.5 Å². The summed E-state index contributed by atoms with van der Waals surface area (Å²) in [5, 5.41) is 3.17. The van der Waals surface area contributed by atoms with Crippen molar-refractivity contribution in [3.63, 3.8) is 0 Å². The minimum Gasteiger partial charge on any atom is -0.493 e. The highest BCUT2D eigenvalue weighted by atomic mass is 35.5. The first kappa shape index (κ1) is 19.7. The number of rotatable bonds is 7. The summed E-state index contributed by atoms with van der Waals surface area (Å²) >= 11 is 12.4. The second-order valence-electron chi connectivity index (χ2n) is 6.07. The van der Waals surface area contributed by atoms with Crippen LogP contribution in [0.1, 0.15) is 12.5 Å². The average Bonchev–Trinajstić information content (AvgIpc) is 2.97. The van der Waals surface area contributed by atoms with Crippen LogP contribution in [0.2, 0.25) is 5.02 Å². The molecule has 2 aromatic carbocycles. The Morgan fingerprint density at radius 3 is 2.63 bits per heavy atom. The Hall–Kier alpha value is -2.02. The summed E-state index contributed by atoms with van der Waals surface area (Å²) in [5.41, 5.74) is 0.737. The smallest absolute Gasteiger partial charge is 0.263 e. The van der Waals surface area contributed by atoms with Crippen LogP contribution < -0.4 is 14.8 Å². The van der Waals surface area contributed by atoms with E-state index in [-0.39, 0.29) is 11.8 Å². The summed E-state index contributed by atoms with van der Waals surface area (Å²) < 4.78 is 12.2. The summed E-state index contributed by atoms with van der Waals surface area (Å²) in [6, 6.07) is 15.0. The molecule has 0 spiro atoms. The van der Waals surface area contributed by atoms with E-state index in [1.54, 1.807) is 24.3 Å². The molecule has 7 heteroatoms. The Bertz CT molecular complexity index is 871. The summed E-state index contributed by atoms with van der Waals surface area (Å²) in [4.78, 5) is 12.4. The van der Waals surface area contributed by atoms with Crippen LogP contribution in [0.3, 0.4) is 0 Å². The number of halogens is 1. The van der Waals surface area contributed by atoms with Crippen molar-refractivity contribution in [3.05, 3.63) is 64.0 Å². The minimum atomic E-state index is -0.208. The van der Waals surface area contributed by atoms with E-state index in [4.69, 9.17) is 33.3 Å². The summed E-state index contributed by atoms with van der Waals surface area (Å²) in [5.74, 6) is 1.46. The Kier molecular flexibility index (Phi) is 6.77. The molecule has 0 radical (unpaired) electrons. The topological polar surface area (TPSA) is 47.6 Å². The van der Waals surface area contributed by atoms with E-state index in [1.165, 1.54) is 11.8 Å². The molecule has 140 valence electrons. The predicted molar refractivity (Wildman–Crippen MR) is 114 cm³/mol. The number of benzene rings is 2. The standard InChI is InChI=1S/C20H18ClNO3S2/c1-13(11-24-16-5-3-2-4-6-16)12-25-17-8-7-15(21)9-14(17)10-18-19(23)22-20(26)27-18/h2-10,13H,11-12H2,1H3,(H,22,23,26)/b18-10-/t13-/m0/s1. The highest BCUT2D eigenvalue weighted by Crippen LogP contribution is 2.31. The largest absolute Gasteiger partial charge is 0.493 e. The van der Waals surface area contributed by atoms with Gasteiger partial charge in [0, 0.05) is 16.5 Å². The molecule has 0 aliphatic carbocycles. The molecule has 1 atom stereocenters. The SMILES string of the molecule is C[C@@H](COc1ccccc1)COc1ccc(Cl)cc1/C=C1\SC(=S)NC1=O. The highest BCUT2D eigenvalue weighted by molar-refractivity contribution is 8.26.